The van der Waals surface area contributed by atoms with E-state index in [4.69, 9.17) is 5.53 Å². The molecule has 1 aromatic rings. The van der Waals surface area contributed by atoms with E-state index in [-0.39, 0.29) is 0 Å². The minimum Gasteiger partial charge on any atom is -0.351 e. The van der Waals surface area contributed by atoms with Crippen molar-refractivity contribution in [2.24, 2.45) is 5.22 Å². The Morgan fingerprint density at radius 1 is 1.60 bits per heavy atom. The van der Waals surface area contributed by atoms with Crippen LogP contribution in [0.4, 0.5) is 0 Å². The Balaban J connectivity index is 0.000000162. The molecule has 0 fully saturated rings. The molecule has 10 heavy (non-hydrogen) atoms. The van der Waals surface area contributed by atoms with Crippen LogP contribution in [0.25, 0.3) is 0 Å². The highest BCUT2D eigenvalue weighted by Crippen LogP contribution is 1.65. The van der Waals surface area contributed by atoms with Crippen LogP contribution in [0.15, 0.2) is 23.9 Å². The molecule has 1 aromatic heterocycles. The van der Waals surface area contributed by atoms with Gasteiger partial charge in [0.2, 0.25) is 0 Å². The monoisotopic (exact) mass is 141 g/mol. The number of aromatic amines is 1. The number of rotatable bonds is 1. The van der Waals surface area contributed by atoms with E-state index < -0.39 is 0 Å². The van der Waals surface area contributed by atoms with Crippen LogP contribution in [0.2, 0.25) is 0 Å². The van der Waals surface area contributed by atoms with Crippen LogP contribution in [0.5, 0.6) is 0 Å². The lowest BCUT2D eigenvalue weighted by Gasteiger charge is -1.94. The Bertz CT molecular complexity index is 128. The molecule has 0 aromatic carbocycles. The summed E-state index contributed by atoms with van der Waals surface area (Å²) in [5, 5.41) is 4.39. The summed E-state index contributed by atoms with van der Waals surface area (Å²) in [5.41, 5.74) is 6.21. The molecule has 0 aliphatic heterocycles. The molecule has 2 N–H and O–H groups in total. The molecule has 1 rings (SSSR count). The molecule has 0 bridgehead atoms. The second-order valence-electron chi connectivity index (χ2n) is 1.71. The van der Waals surface area contributed by atoms with Crippen molar-refractivity contribution in [3.05, 3.63) is 18.7 Å². The third-order valence-electron chi connectivity index (χ3n) is 0.606. The zero-order chi connectivity index (χ0) is 7.82. The van der Waals surface area contributed by atoms with Crippen LogP contribution >= 0.6 is 0 Å². The average Bonchev–Trinajstić information content (AvgIpc) is 2.43. The van der Waals surface area contributed by atoms with Gasteiger partial charge in [-0.3, -0.25) is 5.01 Å². The van der Waals surface area contributed by atoms with Crippen molar-refractivity contribution < 1.29 is 0 Å². The number of imidazole rings is 1. The van der Waals surface area contributed by atoms with E-state index in [0.29, 0.717) is 0 Å². The Morgan fingerprint density at radius 2 is 2.20 bits per heavy atom. The van der Waals surface area contributed by atoms with E-state index in [1.54, 1.807) is 32.8 Å². The standard InChI is InChI=1S/C3H4N2.C2H7N3/c1-2-5-3-4-1;1-5(2)4-3/h1-3H,(H,4,5);3H,1-2H3. The third kappa shape index (κ3) is 6.61. The van der Waals surface area contributed by atoms with Crippen molar-refractivity contribution in [3.63, 3.8) is 0 Å². The summed E-state index contributed by atoms with van der Waals surface area (Å²) in [4.78, 5) is 6.42. The zero-order valence-electron chi connectivity index (χ0n) is 6.07. The van der Waals surface area contributed by atoms with Gasteiger partial charge in [0.1, 0.15) is 0 Å². The highest BCUT2D eigenvalue weighted by Gasteiger charge is 1.64. The van der Waals surface area contributed by atoms with Gasteiger partial charge in [0, 0.05) is 26.5 Å². The van der Waals surface area contributed by atoms with E-state index in [0.717, 1.165) is 0 Å². The first kappa shape index (κ1) is 8.61. The Morgan fingerprint density at radius 3 is 2.30 bits per heavy atom. The fourth-order valence-corrected chi connectivity index (χ4v) is 0.215. The SMILES string of the molecule is CN(C)N=N.c1c[nH]cn1. The van der Waals surface area contributed by atoms with Gasteiger partial charge in [0.05, 0.1) is 6.33 Å². The summed E-state index contributed by atoms with van der Waals surface area (Å²) in [6.45, 7) is 0. The Kier molecular flexibility index (Phi) is 4.94. The predicted octanol–water partition coefficient (Wildman–Crippen LogP) is 0.904. The Hall–Kier alpha value is -1.39. The molecule has 0 aliphatic carbocycles. The number of nitrogens with zero attached hydrogens (tertiary/aromatic N) is 3. The van der Waals surface area contributed by atoms with E-state index in [2.05, 4.69) is 15.2 Å². The largest absolute Gasteiger partial charge is 0.351 e. The molecule has 0 unspecified atom stereocenters. The molecule has 1 heterocycles. The predicted molar refractivity (Wildman–Crippen MR) is 37.4 cm³/mol. The van der Waals surface area contributed by atoms with Gasteiger partial charge < -0.3 is 4.98 Å². The number of nitrogens with one attached hydrogen (secondary N) is 2. The van der Waals surface area contributed by atoms with Crippen LogP contribution in [-0.4, -0.2) is 29.1 Å². The highest BCUT2D eigenvalue weighted by molar-refractivity contribution is 4.64. The fraction of sp³-hybridized carbons (Fsp3) is 0.400. The summed E-state index contributed by atoms with van der Waals surface area (Å²) >= 11 is 0. The second kappa shape index (κ2) is 5.74. The van der Waals surface area contributed by atoms with Crippen molar-refractivity contribution >= 4 is 0 Å². The number of H-pyrrole nitrogens is 1. The van der Waals surface area contributed by atoms with Gasteiger partial charge >= 0.3 is 0 Å². The topological polar surface area (TPSA) is 68.1 Å². The molecule has 0 saturated heterocycles. The molecule has 0 saturated carbocycles. The lowest BCUT2D eigenvalue weighted by atomic mass is 11.0. The van der Waals surface area contributed by atoms with Gasteiger partial charge in [-0.1, -0.05) is 5.22 Å². The third-order valence-corrected chi connectivity index (χ3v) is 0.606. The smallest absolute Gasteiger partial charge is 0.0919 e. The Labute approximate surface area is 59.6 Å². The van der Waals surface area contributed by atoms with Crippen LogP contribution < -0.4 is 0 Å². The van der Waals surface area contributed by atoms with E-state index in [1.165, 1.54) is 5.01 Å². The molecule has 5 nitrogen and oxygen atoms in total. The van der Waals surface area contributed by atoms with E-state index in [9.17, 15) is 0 Å². The van der Waals surface area contributed by atoms with Crippen molar-refractivity contribution in [1.82, 2.24) is 15.0 Å². The minimum absolute atomic E-state index is 1.42. The average molecular weight is 141 g/mol. The van der Waals surface area contributed by atoms with Crippen LogP contribution in [0, 0.1) is 5.53 Å². The number of hydrogen-bond donors (Lipinski definition) is 2. The van der Waals surface area contributed by atoms with Crippen molar-refractivity contribution in [2.45, 2.75) is 0 Å². The van der Waals surface area contributed by atoms with Crippen molar-refractivity contribution in [2.75, 3.05) is 14.1 Å². The number of aromatic nitrogens is 2. The summed E-state index contributed by atoms with van der Waals surface area (Å²) in [6.07, 6.45) is 5.08. The molecular weight excluding hydrogens is 130 g/mol. The van der Waals surface area contributed by atoms with Gasteiger partial charge in [-0.05, 0) is 0 Å². The first-order valence-electron chi connectivity index (χ1n) is 2.75. The summed E-state index contributed by atoms with van der Waals surface area (Å²) in [6, 6.07) is 0. The normalized spacial score (nSPS) is 7.40. The summed E-state index contributed by atoms with van der Waals surface area (Å²) in [5.74, 6) is 0. The maximum Gasteiger partial charge on any atom is 0.0919 e. The van der Waals surface area contributed by atoms with Crippen LogP contribution in [0.1, 0.15) is 0 Å². The van der Waals surface area contributed by atoms with Gasteiger partial charge in [-0.15, -0.1) is 0 Å². The van der Waals surface area contributed by atoms with Crippen molar-refractivity contribution in [1.29, 1.82) is 5.53 Å². The maximum atomic E-state index is 6.21. The molecule has 5 heteroatoms. The molecule has 0 atom stereocenters. The van der Waals surface area contributed by atoms with Crippen LogP contribution in [0.3, 0.4) is 0 Å². The molecule has 0 aliphatic rings. The summed E-state index contributed by atoms with van der Waals surface area (Å²) in [7, 11) is 3.40. The van der Waals surface area contributed by atoms with Gasteiger partial charge in [-0.2, -0.15) is 5.53 Å². The van der Waals surface area contributed by atoms with Gasteiger partial charge in [0.25, 0.3) is 0 Å². The minimum atomic E-state index is 1.42. The molecule has 0 radical (unpaired) electrons. The van der Waals surface area contributed by atoms with E-state index >= 15 is 0 Å². The highest BCUT2D eigenvalue weighted by atomic mass is 15.5. The molecular formula is C5H11N5. The fourth-order valence-electron chi connectivity index (χ4n) is 0.215. The maximum absolute atomic E-state index is 6.21. The molecule has 56 valence electrons. The van der Waals surface area contributed by atoms with Crippen LogP contribution in [-0.2, 0) is 0 Å². The van der Waals surface area contributed by atoms with Gasteiger partial charge in [0.15, 0.2) is 0 Å². The van der Waals surface area contributed by atoms with E-state index in [1.807, 2.05) is 0 Å². The lowest BCUT2D eigenvalue weighted by molar-refractivity contribution is 0.393. The first-order chi connectivity index (χ1) is 4.77. The molecule has 0 amide bonds. The number of hydrogen-bond acceptors (Lipinski definition) is 3. The summed E-state index contributed by atoms with van der Waals surface area (Å²) < 4.78 is 0. The molecule has 0 spiro atoms. The zero-order valence-corrected chi connectivity index (χ0v) is 6.07. The lowest BCUT2D eigenvalue weighted by Crippen LogP contribution is -1.97. The quantitative estimate of drug-likeness (QED) is 0.450. The van der Waals surface area contributed by atoms with Gasteiger partial charge in [-0.25, -0.2) is 4.98 Å². The first-order valence-corrected chi connectivity index (χ1v) is 2.75. The second-order valence-corrected chi connectivity index (χ2v) is 1.71. The van der Waals surface area contributed by atoms with Crippen molar-refractivity contribution in [3.8, 4) is 0 Å².